The highest BCUT2D eigenvalue weighted by Crippen LogP contribution is 2.42. The van der Waals surface area contributed by atoms with E-state index in [4.69, 9.17) is 23.9 Å². The van der Waals surface area contributed by atoms with E-state index in [0.29, 0.717) is 11.5 Å². The molecule has 0 aliphatic carbocycles. The number of thiazole rings is 1. The lowest BCUT2D eigenvalue weighted by Crippen LogP contribution is -2.57. The number of aliphatic hydroxyl groups excluding tert-OH is 1. The molecule has 2 aromatic heterocycles. The number of hydrogen-bond acceptors (Lipinski definition) is 12. The number of ether oxygens (including phenoxy) is 4. The summed E-state index contributed by atoms with van der Waals surface area (Å²) in [4.78, 5) is 65.7. The second kappa shape index (κ2) is 22.8. The molecular weight excluding hydrogens is 921 g/mol. The molecule has 1 fully saturated rings. The molecule has 2 aliphatic heterocycles. The van der Waals surface area contributed by atoms with Gasteiger partial charge in [-0.05, 0) is 64.4 Å². The van der Waals surface area contributed by atoms with Crippen molar-refractivity contribution in [1.82, 2.24) is 25.5 Å². The Hall–Kier alpha value is -6.98. The van der Waals surface area contributed by atoms with Gasteiger partial charge in [-0.2, -0.15) is 0 Å². The molecule has 0 bridgehead atoms. The minimum Gasteiger partial charge on any atom is -0.493 e. The summed E-state index contributed by atoms with van der Waals surface area (Å²) in [5.74, 6) is -0.254. The number of carbonyl (C=O) groups excluding carboxylic acids is 4. The van der Waals surface area contributed by atoms with Gasteiger partial charge in [0.25, 0.3) is 0 Å². The van der Waals surface area contributed by atoms with E-state index in [1.54, 1.807) is 18.4 Å². The number of carbonyl (C=O) groups is 4. The van der Waals surface area contributed by atoms with E-state index in [-0.39, 0.29) is 83.1 Å². The van der Waals surface area contributed by atoms with Gasteiger partial charge in [0.2, 0.25) is 23.6 Å². The number of pyridine rings is 1. The monoisotopic (exact) mass is 980 g/mol. The van der Waals surface area contributed by atoms with Crippen LogP contribution in [0.3, 0.4) is 0 Å². The van der Waals surface area contributed by atoms with Crippen molar-refractivity contribution in [1.29, 1.82) is 0 Å². The van der Waals surface area contributed by atoms with Gasteiger partial charge in [0, 0.05) is 37.1 Å². The molecule has 8 rings (SSSR count). The largest absolute Gasteiger partial charge is 0.493 e. The summed E-state index contributed by atoms with van der Waals surface area (Å²) in [5.41, 5.74) is 10.6. The molecule has 0 saturated carbocycles. The first kappa shape index (κ1) is 50.4. The maximum atomic E-state index is 14.0. The highest BCUT2D eigenvalue weighted by molar-refractivity contribution is 7.13. The van der Waals surface area contributed by atoms with Crippen molar-refractivity contribution >= 4 is 40.7 Å². The Morgan fingerprint density at radius 2 is 1.58 bits per heavy atom. The summed E-state index contributed by atoms with van der Waals surface area (Å²) in [6, 6.07) is 31.4. The van der Waals surface area contributed by atoms with Crippen molar-refractivity contribution in [3.05, 3.63) is 125 Å². The standard InChI is InChI=1S/C55H60N6O9S/c1-34-51(71-33-57-34)37-17-15-35(16-18-37)31-56-53(65)45-28-39(62)32-61(45)54(66)52(55(2,3)4)60-48(63)21-22-68-23-24-69-25-26-70-46-20-19-38(27-47(46)67-5)41-29-44(36-11-7-6-8-12-36)59-50-40-13-9-10-14-43(40)58-49(64)30-42(41)50/h6-20,27,29,33,39,45,52,62H,21-26,28,30-32H2,1-5H3,(H,56,65)(H,58,64)(H,60,63)/t39-,45-,52+/m0/s1. The molecule has 2 aliphatic rings. The van der Waals surface area contributed by atoms with Crippen LogP contribution in [-0.4, -0.2) is 108 Å². The van der Waals surface area contributed by atoms with Crippen LogP contribution in [-0.2, 0) is 41.6 Å². The lowest BCUT2D eigenvalue weighted by atomic mass is 9.85. The topological polar surface area (TPSA) is 191 Å². The molecule has 71 heavy (non-hydrogen) atoms. The molecule has 1 saturated heterocycles. The van der Waals surface area contributed by atoms with Crippen molar-refractivity contribution in [2.75, 3.05) is 52.0 Å². The molecule has 0 spiro atoms. The number of benzene rings is 4. The van der Waals surface area contributed by atoms with Crippen molar-refractivity contribution in [3.8, 4) is 55.6 Å². The number of anilines is 1. The predicted molar refractivity (Wildman–Crippen MR) is 273 cm³/mol. The molecule has 4 heterocycles. The van der Waals surface area contributed by atoms with Gasteiger partial charge >= 0.3 is 0 Å². The molecule has 0 radical (unpaired) electrons. The van der Waals surface area contributed by atoms with Gasteiger partial charge in [0.1, 0.15) is 18.7 Å². The number of nitrogens with one attached hydrogen (secondary N) is 3. The number of hydrogen-bond donors (Lipinski definition) is 4. The lowest BCUT2D eigenvalue weighted by molar-refractivity contribution is -0.144. The van der Waals surface area contributed by atoms with Crippen LogP contribution >= 0.6 is 11.3 Å². The zero-order valence-corrected chi connectivity index (χ0v) is 41.5. The lowest BCUT2D eigenvalue weighted by Gasteiger charge is -2.35. The third kappa shape index (κ3) is 12.3. The SMILES string of the molecule is COc1cc(-c2cc(-c3ccccc3)nc3c2CC(=O)Nc2ccccc2-3)ccc1OCCOCCOCCC(=O)N[C@H](C(=O)N1C[C@@H](O)C[C@H]1C(=O)NCc1ccc(-c2scnc2C)cc1)C(C)(C)C. The van der Waals surface area contributed by atoms with Gasteiger partial charge < -0.3 is 44.9 Å². The fourth-order valence-electron chi connectivity index (χ4n) is 8.81. The zero-order chi connectivity index (χ0) is 50.1. The van der Waals surface area contributed by atoms with Crippen LogP contribution in [0.15, 0.2) is 109 Å². The summed E-state index contributed by atoms with van der Waals surface area (Å²) < 4.78 is 23.3. The van der Waals surface area contributed by atoms with Gasteiger partial charge in [-0.15, -0.1) is 11.3 Å². The maximum Gasteiger partial charge on any atom is 0.246 e. The van der Waals surface area contributed by atoms with Crippen molar-refractivity contribution in [2.45, 2.75) is 71.7 Å². The average molecular weight is 981 g/mol. The Labute approximate surface area is 417 Å². The van der Waals surface area contributed by atoms with Crippen LogP contribution in [0.25, 0.3) is 44.1 Å². The van der Waals surface area contributed by atoms with Crippen LogP contribution in [0.5, 0.6) is 11.5 Å². The second-order valence-electron chi connectivity index (χ2n) is 18.7. The summed E-state index contributed by atoms with van der Waals surface area (Å²) in [6.07, 6.45) is -0.625. The minimum atomic E-state index is -0.948. The van der Waals surface area contributed by atoms with Crippen molar-refractivity contribution < 1.29 is 43.2 Å². The molecule has 4 N–H and O–H groups in total. The van der Waals surface area contributed by atoms with Crippen LogP contribution < -0.4 is 25.4 Å². The summed E-state index contributed by atoms with van der Waals surface area (Å²) in [5, 5.41) is 19.4. The van der Waals surface area contributed by atoms with E-state index in [2.05, 4.69) is 20.9 Å². The molecule has 4 amide bonds. The van der Waals surface area contributed by atoms with Crippen molar-refractivity contribution in [2.24, 2.45) is 5.41 Å². The summed E-state index contributed by atoms with van der Waals surface area (Å²) >= 11 is 1.57. The second-order valence-corrected chi connectivity index (χ2v) is 19.5. The molecule has 4 aromatic carbocycles. The van der Waals surface area contributed by atoms with Crippen LogP contribution in [0, 0.1) is 12.3 Å². The first-order valence-electron chi connectivity index (χ1n) is 23.8. The van der Waals surface area contributed by atoms with Gasteiger partial charge in [-0.25, -0.2) is 9.97 Å². The normalized spacial score (nSPS) is 15.7. The molecule has 6 aromatic rings. The van der Waals surface area contributed by atoms with Gasteiger partial charge in [-0.3, -0.25) is 19.2 Å². The zero-order valence-electron chi connectivity index (χ0n) is 40.7. The number of amides is 4. The van der Waals surface area contributed by atoms with Crippen LogP contribution in [0.4, 0.5) is 5.69 Å². The van der Waals surface area contributed by atoms with E-state index in [1.165, 1.54) is 4.90 Å². The molecule has 16 heteroatoms. The number of nitrogens with zero attached hydrogens (tertiary/aromatic N) is 3. The molecule has 15 nitrogen and oxygen atoms in total. The van der Waals surface area contributed by atoms with E-state index in [1.807, 2.05) is 136 Å². The number of aryl methyl sites for hydroxylation is 1. The van der Waals surface area contributed by atoms with Crippen LogP contribution in [0.2, 0.25) is 0 Å². The molecular formula is C55H60N6O9S. The van der Waals surface area contributed by atoms with Gasteiger partial charge in [-0.1, -0.05) is 99.6 Å². The van der Waals surface area contributed by atoms with E-state index >= 15 is 0 Å². The number of β-amino-alcohol motifs (C(OH)–C–C–N with tert-alkyl or cyclic N) is 1. The number of para-hydroxylation sites is 1. The Bertz CT molecular complexity index is 2850. The highest BCUT2D eigenvalue weighted by Gasteiger charge is 2.44. The smallest absolute Gasteiger partial charge is 0.246 e. The quantitative estimate of drug-likeness (QED) is 0.0584. The first-order valence-corrected chi connectivity index (χ1v) is 24.7. The minimum absolute atomic E-state index is 0.00299. The predicted octanol–water partition coefficient (Wildman–Crippen LogP) is 7.63. The first-order chi connectivity index (χ1) is 34.3. The molecule has 3 atom stereocenters. The third-order valence-corrected chi connectivity index (χ3v) is 13.5. The third-order valence-electron chi connectivity index (χ3n) is 12.5. The van der Waals surface area contributed by atoms with Crippen molar-refractivity contribution in [3.63, 3.8) is 0 Å². The van der Waals surface area contributed by atoms with E-state index in [0.717, 1.165) is 66.6 Å². The summed E-state index contributed by atoms with van der Waals surface area (Å²) in [6.45, 7) is 8.83. The van der Waals surface area contributed by atoms with Crippen LogP contribution in [0.1, 0.15) is 50.4 Å². The fraction of sp³-hybridized carbons (Fsp3) is 0.345. The molecule has 0 unspecified atom stereocenters. The number of likely N-dealkylation sites (tertiary alicyclic amines) is 1. The number of aromatic nitrogens is 2. The summed E-state index contributed by atoms with van der Waals surface area (Å²) in [7, 11) is 1.58. The number of fused-ring (bicyclic) bond motifs is 3. The molecule has 370 valence electrons. The highest BCUT2D eigenvalue weighted by atomic mass is 32.1. The average Bonchev–Trinajstić information content (AvgIpc) is 3.95. The van der Waals surface area contributed by atoms with E-state index in [9.17, 15) is 24.3 Å². The van der Waals surface area contributed by atoms with Gasteiger partial charge in [0.05, 0.1) is 79.2 Å². The Balaban J connectivity index is 0.790. The Morgan fingerprint density at radius 3 is 2.31 bits per heavy atom. The number of rotatable bonds is 19. The van der Waals surface area contributed by atoms with E-state index < -0.39 is 29.5 Å². The Morgan fingerprint density at radius 1 is 0.859 bits per heavy atom. The fourth-order valence-corrected chi connectivity index (χ4v) is 9.62. The number of aliphatic hydroxyl groups is 1. The Kier molecular flexibility index (Phi) is 16.2. The van der Waals surface area contributed by atoms with Gasteiger partial charge in [0.15, 0.2) is 11.5 Å². The maximum absolute atomic E-state index is 14.0. The number of methoxy groups -OCH3 is 1.